The number of carbonyl (C=O) groups excluding carboxylic acids is 2. The molecule has 7 heteroatoms. The van der Waals surface area contributed by atoms with Gasteiger partial charge in [-0.2, -0.15) is 0 Å². The monoisotopic (exact) mass is 398 g/mol. The van der Waals surface area contributed by atoms with Crippen molar-refractivity contribution in [3.8, 4) is 0 Å². The number of para-hydroxylation sites is 2. The van der Waals surface area contributed by atoms with Gasteiger partial charge in [0.05, 0.1) is 17.5 Å². The van der Waals surface area contributed by atoms with Gasteiger partial charge in [0.25, 0.3) is 0 Å². The maximum Gasteiger partial charge on any atom is 0.249 e. The molecule has 0 fully saturated rings. The number of aromatic nitrogens is 2. The van der Waals surface area contributed by atoms with Crippen LogP contribution < -0.4 is 10.6 Å². The molecular weight excluding hydrogens is 376 g/mol. The maximum atomic E-state index is 12.8. The van der Waals surface area contributed by atoms with Gasteiger partial charge in [0.1, 0.15) is 6.04 Å². The van der Waals surface area contributed by atoms with Crippen molar-refractivity contribution >= 4 is 40.4 Å². The van der Waals surface area contributed by atoms with E-state index in [9.17, 15) is 9.59 Å². The molecule has 0 saturated carbocycles. The summed E-state index contributed by atoms with van der Waals surface area (Å²) < 4.78 is 0. The molecule has 2 amide bonds. The van der Waals surface area contributed by atoms with E-state index in [1.165, 1.54) is 0 Å². The zero-order valence-corrected chi connectivity index (χ0v) is 16.6. The second-order valence-electron chi connectivity index (χ2n) is 6.79. The number of H-pyrrole nitrogens is 1. The number of imidazole rings is 1. The van der Waals surface area contributed by atoms with Gasteiger partial charge >= 0.3 is 0 Å². The first kappa shape index (κ1) is 19.9. The number of carbonyl (C=O) groups is 2. The van der Waals surface area contributed by atoms with E-state index in [1.54, 1.807) is 12.1 Å². The Morgan fingerprint density at radius 3 is 2.57 bits per heavy atom. The van der Waals surface area contributed by atoms with Crippen molar-refractivity contribution in [1.82, 2.24) is 15.3 Å². The van der Waals surface area contributed by atoms with E-state index in [0.29, 0.717) is 11.0 Å². The highest BCUT2D eigenvalue weighted by atomic mass is 35.5. The molecule has 0 aliphatic rings. The summed E-state index contributed by atoms with van der Waals surface area (Å²) in [5.41, 5.74) is 2.32. The van der Waals surface area contributed by atoms with Crippen LogP contribution in [0.1, 0.15) is 25.8 Å². The number of amides is 2. The average Bonchev–Trinajstić information content (AvgIpc) is 3.09. The van der Waals surface area contributed by atoms with Gasteiger partial charge in [-0.05, 0) is 29.7 Å². The molecule has 2 aromatic carbocycles. The molecule has 0 unspecified atom stereocenters. The molecule has 28 heavy (non-hydrogen) atoms. The number of aromatic amines is 1. The van der Waals surface area contributed by atoms with Gasteiger partial charge in [0.2, 0.25) is 17.8 Å². The van der Waals surface area contributed by atoms with Crippen LogP contribution in [-0.4, -0.2) is 27.8 Å². The third-order valence-corrected chi connectivity index (χ3v) is 5.12. The number of halogens is 1. The van der Waals surface area contributed by atoms with Crippen LogP contribution in [0.5, 0.6) is 0 Å². The van der Waals surface area contributed by atoms with Gasteiger partial charge < -0.3 is 10.3 Å². The van der Waals surface area contributed by atoms with Gasteiger partial charge in [-0.1, -0.05) is 62.2 Å². The molecule has 0 bridgehead atoms. The lowest BCUT2D eigenvalue weighted by atomic mass is 9.98. The molecular formula is C21H23ClN4O2. The third-order valence-electron chi connectivity index (χ3n) is 4.75. The topological polar surface area (TPSA) is 86.9 Å². The molecule has 1 heterocycles. The average molecular weight is 399 g/mol. The minimum Gasteiger partial charge on any atom is -0.344 e. The maximum absolute atomic E-state index is 12.8. The highest BCUT2D eigenvalue weighted by Gasteiger charge is 2.26. The fourth-order valence-electron chi connectivity index (χ4n) is 2.95. The van der Waals surface area contributed by atoms with E-state index in [0.717, 1.165) is 23.0 Å². The summed E-state index contributed by atoms with van der Waals surface area (Å²) in [7, 11) is 0. The Bertz CT molecular complexity index is 952. The van der Waals surface area contributed by atoms with Crippen LogP contribution in [0.15, 0.2) is 48.5 Å². The number of fused-ring (bicyclic) bond motifs is 1. The normalized spacial score (nSPS) is 13.1. The second-order valence-corrected chi connectivity index (χ2v) is 7.20. The van der Waals surface area contributed by atoms with Crippen LogP contribution >= 0.6 is 11.6 Å². The largest absolute Gasteiger partial charge is 0.344 e. The summed E-state index contributed by atoms with van der Waals surface area (Å²) in [5, 5.41) is 6.16. The first-order chi connectivity index (χ1) is 13.5. The molecule has 3 N–H and O–H groups in total. The Balaban J connectivity index is 1.71. The predicted molar refractivity (Wildman–Crippen MR) is 111 cm³/mol. The van der Waals surface area contributed by atoms with Gasteiger partial charge in [0, 0.05) is 5.02 Å². The minimum absolute atomic E-state index is 0.0421. The predicted octanol–water partition coefficient (Wildman–Crippen LogP) is 3.93. The van der Waals surface area contributed by atoms with E-state index < -0.39 is 6.04 Å². The first-order valence-corrected chi connectivity index (χ1v) is 9.64. The molecule has 0 saturated heterocycles. The first-order valence-electron chi connectivity index (χ1n) is 9.26. The molecule has 0 aliphatic carbocycles. The Morgan fingerprint density at radius 2 is 1.86 bits per heavy atom. The summed E-state index contributed by atoms with van der Waals surface area (Å²) in [6.45, 7) is 3.91. The number of anilines is 1. The van der Waals surface area contributed by atoms with E-state index in [4.69, 9.17) is 11.6 Å². The summed E-state index contributed by atoms with van der Waals surface area (Å²) >= 11 is 6.13. The zero-order chi connectivity index (χ0) is 20.1. The lowest BCUT2D eigenvalue weighted by Gasteiger charge is -2.23. The Kier molecular flexibility index (Phi) is 6.31. The Morgan fingerprint density at radius 1 is 1.14 bits per heavy atom. The van der Waals surface area contributed by atoms with Crippen LogP contribution in [0.25, 0.3) is 11.0 Å². The van der Waals surface area contributed by atoms with Crippen molar-refractivity contribution in [3.05, 3.63) is 59.1 Å². The highest BCUT2D eigenvalue weighted by Crippen LogP contribution is 2.17. The second kappa shape index (κ2) is 8.89. The smallest absolute Gasteiger partial charge is 0.249 e. The van der Waals surface area contributed by atoms with Crippen LogP contribution in [0, 0.1) is 5.92 Å². The van der Waals surface area contributed by atoms with E-state index in [-0.39, 0.29) is 24.2 Å². The highest BCUT2D eigenvalue weighted by molar-refractivity contribution is 6.31. The number of hydrogen-bond donors (Lipinski definition) is 3. The standard InChI is InChI=1S/C21H23ClN4O2/c1-3-13(2)19(25-18(27)12-14-8-4-5-9-15(14)22)20(28)26-21-23-16-10-6-7-11-17(16)24-21/h4-11,13,19H,3,12H2,1-2H3,(H,25,27)(H2,23,24,26,28)/t13-,19-/m1/s1. The van der Waals surface area contributed by atoms with Crippen molar-refractivity contribution in [1.29, 1.82) is 0 Å². The van der Waals surface area contributed by atoms with Crippen molar-refractivity contribution in [2.24, 2.45) is 5.92 Å². The van der Waals surface area contributed by atoms with Crippen LogP contribution in [0.4, 0.5) is 5.95 Å². The van der Waals surface area contributed by atoms with E-state index in [2.05, 4.69) is 20.6 Å². The Hall–Kier alpha value is -2.86. The lowest BCUT2D eigenvalue weighted by molar-refractivity contribution is -0.127. The molecule has 146 valence electrons. The quantitative estimate of drug-likeness (QED) is 0.563. The molecule has 3 aromatic rings. The number of nitrogens with one attached hydrogen (secondary N) is 3. The van der Waals surface area contributed by atoms with Gasteiger partial charge in [-0.15, -0.1) is 0 Å². The number of benzene rings is 2. The van der Waals surface area contributed by atoms with Gasteiger partial charge in [-0.3, -0.25) is 14.9 Å². The number of nitrogens with zero attached hydrogens (tertiary/aromatic N) is 1. The molecule has 6 nitrogen and oxygen atoms in total. The van der Waals surface area contributed by atoms with Crippen molar-refractivity contribution in [3.63, 3.8) is 0 Å². The summed E-state index contributed by atoms with van der Waals surface area (Å²) in [4.78, 5) is 32.8. The molecule has 3 rings (SSSR count). The molecule has 2 atom stereocenters. The van der Waals surface area contributed by atoms with Crippen LogP contribution in [0.3, 0.4) is 0 Å². The molecule has 1 aromatic heterocycles. The van der Waals surface area contributed by atoms with Crippen LogP contribution in [-0.2, 0) is 16.0 Å². The van der Waals surface area contributed by atoms with Crippen molar-refractivity contribution in [2.75, 3.05) is 5.32 Å². The van der Waals surface area contributed by atoms with E-state index in [1.807, 2.05) is 50.2 Å². The Labute approximate surface area is 168 Å². The zero-order valence-electron chi connectivity index (χ0n) is 15.8. The van der Waals surface area contributed by atoms with E-state index >= 15 is 0 Å². The fraction of sp³-hybridized carbons (Fsp3) is 0.286. The summed E-state index contributed by atoms with van der Waals surface area (Å²) in [5.74, 6) is -0.237. The molecule has 0 radical (unpaired) electrons. The van der Waals surface area contributed by atoms with Crippen molar-refractivity contribution < 1.29 is 9.59 Å². The summed E-state index contributed by atoms with van der Waals surface area (Å²) in [6, 6.07) is 14.0. The fourth-order valence-corrected chi connectivity index (χ4v) is 3.15. The van der Waals surface area contributed by atoms with Crippen LogP contribution in [0.2, 0.25) is 5.02 Å². The molecule has 0 spiro atoms. The van der Waals surface area contributed by atoms with Crippen molar-refractivity contribution in [2.45, 2.75) is 32.7 Å². The number of rotatable bonds is 7. The number of hydrogen-bond acceptors (Lipinski definition) is 3. The SMILES string of the molecule is CC[C@@H](C)[C@@H](NC(=O)Cc1ccccc1Cl)C(=O)Nc1nc2ccccc2[nH]1. The molecule has 0 aliphatic heterocycles. The van der Waals surface area contributed by atoms with Gasteiger partial charge in [0.15, 0.2) is 0 Å². The minimum atomic E-state index is -0.673. The summed E-state index contributed by atoms with van der Waals surface area (Å²) in [6.07, 6.45) is 0.856. The lowest BCUT2D eigenvalue weighted by Crippen LogP contribution is -2.48. The third kappa shape index (κ3) is 4.70. The van der Waals surface area contributed by atoms with Gasteiger partial charge in [-0.25, -0.2) is 4.98 Å².